The third kappa shape index (κ3) is 3.70. The van der Waals surface area contributed by atoms with Crippen LogP contribution >= 0.6 is 0 Å². The Hall–Kier alpha value is -2.37. The van der Waals surface area contributed by atoms with Crippen molar-refractivity contribution in [3.05, 3.63) is 65.0 Å². The fraction of sp³-hybridized carbons (Fsp3) is 0.409. The molecule has 1 aliphatic rings. The van der Waals surface area contributed by atoms with E-state index in [0.717, 1.165) is 61.9 Å². The Morgan fingerprint density at radius 2 is 1.93 bits per heavy atom. The summed E-state index contributed by atoms with van der Waals surface area (Å²) in [5.41, 5.74) is 4.99. The van der Waals surface area contributed by atoms with Gasteiger partial charge in [0.05, 0.1) is 6.20 Å². The molecule has 27 heavy (non-hydrogen) atoms. The van der Waals surface area contributed by atoms with E-state index < -0.39 is 0 Å². The molecule has 3 heterocycles. The fourth-order valence-electron chi connectivity index (χ4n) is 4.14. The summed E-state index contributed by atoms with van der Waals surface area (Å²) in [5.74, 6) is 1.74. The number of furan rings is 1. The Labute approximate surface area is 160 Å². The van der Waals surface area contributed by atoms with Gasteiger partial charge in [0.25, 0.3) is 0 Å². The zero-order valence-corrected chi connectivity index (χ0v) is 16.0. The molecule has 142 valence electrons. The van der Waals surface area contributed by atoms with Gasteiger partial charge in [0.2, 0.25) is 0 Å². The lowest BCUT2D eigenvalue weighted by molar-refractivity contribution is 0.0496. The van der Waals surface area contributed by atoms with Gasteiger partial charge in [0, 0.05) is 37.3 Å². The molecule has 0 radical (unpaired) electrons. The molecule has 0 atom stereocenters. The molecule has 1 saturated heterocycles. The number of benzene rings is 1. The smallest absolute Gasteiger partial charge is 0.152 e. The van der Waals surface area contributed by atoms with Crippen LogP contribution < -0.4 is 5.32 Å². The largest absolute Gasteiger partial charge is 0.460 e. The Balaban J connectivity index is 1.50. The summed E-state index contributed by atoms with van der Waals surface area (Å²) in [5, 5.41) is 11.0. The summed E-state index contributed by atoms with van der Waals surface area (Å²) in [6.07, 6.45) is 3.96. The summed E-state index contributed by atoms with van der Waals surface area (Å²) in [7, 11) is 0. The van der Waals surface area contributed by atoms with Crippen molar-refractivity contribution in [3.63, 3.8) is 0 Å². The van der Waals surface area contributed by atoms with E-state index in [1.165, 1.54) is 11.1 Å². The van der Waals surface area contributed by atoms with Crippen LogP contribution in [0.3, 0.4) is 0 Å². The number of nitrogens with one attached hydrogen (secondary N) is 2. The molecule has 0 aliphatic carbocycles. The van der Waals surface area contributed by atoms with Crippen LogP contribution in [0.15, 0.2) is 47.0 Å². The van der Waals surface area contributed by atoms with Crippen LogP contribution in [0.2, 0.25) is 0 Å². The molecule has 1 fully saturated rings. The molecule has 3 aromatic rings. The second-order valence-electron chi connectivity index (χ2n) is 7.49. The fourth-order valence-corrected chi connectivity index (χ4v) is 4.14. The van der Waals surface area contributed by atoms with E-state index in [1.807, 2.05) is 25.3 Å². The number of rotatable bonds is 6. The molecule has 0 saturated carbocycles. The second kappa shape index (κ2) is 7.71. The van der Waals surface area contributed by atoms with E-state index in [-0.39, 0.29) is 5.41 Å². The van der Waals surface area contributed by atoms with Crippen molar-refractivity contribution in [2.75, 3.05) is 19.8 Å². The van der Waals surface area contributed by atoms with Gasteiger partial charge in [-0.25, -0.2) is 0 Å². The highest BCUT2D eigenvalue weighted by Gasteiger charge is 2.35. The molecule has 1 aliphatic heterocycles. The average Bonchev–Trinajstić information content (AvgIpc) is 3.31. The van der Waals surface area contributed by atoms with Gasteiger partial charge in [-0.05, 0) is 49.9 Å². The van der Waals surface area contributed by atoms with Crippen LogP contribution in [0.25, 0.3) is 11.5 Å². The topological polar surface area (TPSA) is 63.1 Å². The number of hydrogen-bond acceptors (Lipinski definition) is 4. The lowest BCUT2D eigenvalue weighted by Gasteiger charge is -2.39. The first kappa shape index (κ1) is 18.0. The Kier molecular flexibility index (Phi) is 5.14. The van der Waals surface area contributed by atoms with E-state index >= 15 is 0 Å². The number of aromatic amines is 1. The number of hydrogen-bond donors (Lipinski definition) is 2. The lowest BCUT2D eigenvalue weighted by atomic mass is 9.72. The van der Waals surface area contributed by atoms with E-state index in [0.29, 0.717) is 0 Å². The van der Waals surface area contributed by atoms with Gasteiger partial charge in [-0.2, -0.15) is 5.10 Å². The first-order chi connectivity index (χ1) is 13.2. The quantitative estimate of drug-likeness (QED) is 0.690. The monoisotopic (exact) mass is 365 g/mol. The summed E-state index contributed by atoms with van der Waals surface area (Å²) < 4.78 is 11.4. The third-order valence-electron chi connectivity index (χ3n) is 5.65. The van der Waals surface area contributed by atoms with E-state index in [1.54, 1.807) is 0 Å². The molecular weight excluding hydrogens is 338 g/mol. The van der Waals surface area contributed by atoms with Gasteiger partial charge in [-0.15, -0.1) is 0 Å². The number of aryl methyl sites for hydroxylation is 2. The molecule has 0 bridgehead atoms. The van der Waals surface area contributed by atoms with Gasteiger partial charge in [0.1, 0.15) is 11.5 Å². The highest BCUT2D eigenvalue weighted by molar-refractivity contribution is 5.56. The van der Waals surface area contributed by atoms with Crippen molar-refractivity contribution in [1.29, 1.82) is 0 Å². The molecule has 2 N–H and O–H groups in total. The Bertz CT molecular complexity index is 890. The standard InChI is InChI=1S/C22H27N3O2/c1-16-5-3-4-6-19(16)22(9-11-26-12-10-22)15-23-13-18-14-24-25-21(18)20-8-7-17(2)27-20/h3-8,14,23H,9-13,15H2,1-2H3,(H,24,25). The van der Waals surface area contributed by atoms with Crippen molar-refractivity contribution >= 4 is 0 Å². The molecule has 0 spiro atoms. The third-order valence-corrected chi connectivity index (χ3v) is 5.65. The van der Waals surface area contributed by atoms with Crippen LogP contribution in [0.4, 0.5) is 0 Å². The zero-order valence-electron chi connectivity index (χ0n) is 16.0. The first-order valence-corrected chi connectivity index (χ1v) is 9.62. The molecule has 5 nitrogen and oxygen atoms in total. The number of H-pyrrole nitrogens is 1. The van der Waals surface area contributed by atoms with Gasteiger partial charge in [-0.1, -0.05) is 24.3 Å². The van der Waals surface area contributed by atoms with Crippen LogP contribution in [0, 0.1) is 13.8 Å². The first-order valence-electron chi connectivity index (χ1n) is 9.62. The van der Waals surface area contributed by atoms with E-state index in [2.05, 4.69) is 46.7 Å². The predicted molar refractivity (Wildman–Crippen MR) is 106 cm³/mol. The summed E-state index contributed by atoms with van der Waals surface area (Å²) in [4.78, 5) is 0. The van der Waals surface area contributed by atoms with Crippen molar-refractivity contribution in [2.45, 2.75) is 38.6 Å². The molecule has 5 heteroatoms. The maximum absolute atomic E-state index is 5.75. The van der Waals surface area contributed by atoms with Crippen LogP contribution in [-0.4, -0.2) is 30.0 Å². The zero-order chi connectivity index (χ0) is 18.7. The average molecular weight is 365 g/mol. The lowest BCUT2D eigenvalue weighted by Crippen LogP contribution is -2.43. The predicted octanol–water partition coefficient (Wildman–Crippen LogP) is 4.12. The van der Waals surface area contributed by atoms with Gasteiger partial charge >= 0.3 is 0 Å². The minimum atomic E-state index is 0.120. The molecule has 4 rings (SSSR count). The molecular formula is C22H27N3O2. The maximum Gasteiger partial charge on any atom is 0.152 e. The van der Waals surface area contributed by atoms with E-state index in [4.69, 9.17) is 9.15 Å². The SMILES string of the molecule is Cc1ccc(-c2[nH]ncc2CNCC2(c3ccccc3C)CCOCC2)o1. The molecule has 0 unspecified atom stereocenters. The normalized spacial score (nSPS) is 16.5. The number of ether oxygens (including phenoxy) is 1. The van der Waals surface area contributed by atoms with Crippen molar-refractivity contribution in [1.82, 2.24) is 15.5 Å². The molecule has 0 amide bonds. The van der Waals surface area contributed by atoms with Crippen LogP contribution in [0.1, 0.15) is 35.3 Å². The Morgan fingerprint density at radius 3 is 2.67 bits per heavy atom. The second-order valence-corrected chi connectivity index (χ2v) is 7.49. The van der Waals surface area contributed by atoms with Crippen molar-refractivity contribution in [3.8, 4) is 11.5 Å². The van der Waals surface area contributed by atoms with Gasteiger partial charge < -0.3 is 14.5 Å². The molecule has 1 aromatic carbocycles. The number of aromatic nitrogens is 2. The minimum absolute atomic E-state index is 0.120. The highest BCUT2D eigenvalue weighted by Crippen LogP contribution is 2.36. The number of nitrogens with zero attached hydrogens (tertiary/aromatic N) is 1. The summed E-state index contributed by atoms with van der Waals surface area (Å²) in [6.45, 7) is 7.47. The van der Waals surface area contributed by atoms with Crippen molar-refractivity contribution in [2.24, 2.45) is 0 Å². The Morgan fingerprint density at radius 1 is 1.11 bits per heavy atom. The van der Waals surface area contributed by atoms with Gasteiger partial charge in [-0.3, -0.25) is 5.10 Å². The summed E-state index contributed by atoms with van der Waals surface area (Å²) >= 11 is 0. The van der Waals surface area contributed by atoms with Crippen molar-refractivity contribution < 1.29 is 9.15 Å². The summed E-state index contributed by atoms with van der Waals surface area (Å²) in [6, 6.07) is 12.7. The van der Waals surface area contributed by atoms with E-state index in [9.17, 15) is 0 Å². The molecule has 2 aromatic heterocycles. The van der Waals surface area contributed by atoms with Crippen LogP contribution in [0.5, 0.6) is 0 Å². The highest BCUT2D eigenvalue weighted by atomic mass is 16.5. The minimum Gasteiger partial charge on any atom is -0.460 e. The van der Waals surface area contributed by atoms with Crippen LogP contribution in [-0.2, 0) is 16.7 Å². The maximum atomic E-state index is 5.75. The van der Waals surface area contributed by atoms with Gasteiger partial charge in [0.15, 0.2) is 5.76 Å².